The summed E-state index contributed by atoms with van der Waals surface area (Å²) in [7, 11) is -4.27. The summed E-state index contributed by atoms with van der Waals surface area (Å²) in [5, 5.41) is 3.43. The molecule has 0 fully saturated rings. The Morgan fingerprint density at radius 2 is 1.38 bits per heavy atom. The summed E-state index contributed by atoms with van der Waals surface area (Å²) in [5.41, 5.74) is 1.14. The fourth-order valence-electron chi connectivity index (χ4n) is 4.73. The van der Waals surface area contributed by atoms with Crippen LogP contribution in [-0.4, -0.2) is 43.3 Å². The molecule has 0 spiro atoms. The van der Waals surface area contributed by atoms with Gasteiger partial charge in [0.2, 0.25) is 11.8 Å². The summed E-state index contributed by atoms with van der Waals surface area (Å²) in [6.07, 6.45) is 0.208. The minimum atomic E-state index is -4.27. The highest BCUT2D eigenvalue weighted by Crippen LogP contribution is 2.30. The zero-order chi connectivity index (χ0) is 32.8. The standard InChI is InChI=1S/C34H34BrCl2N3O4S/c1-34(2,3)38-33(42)31(18-24-10-6-4-7-11-24)39(22-25-14-16-26(35)17-15-25)32(41)23-40(29-20-27(36)19-28(37)21-29)45(43,44)30-12-8-5-9-13-30/h4-17,19-21,31H,18,22-23H2,1-3H3,(H,38,42). The SMILES string of the molecule is CC(C)(C)NC(=O)C(Cc1ccccc1)N(Cc1ccc(Br)cc1)C(=O)CN(c1cc(Cl)cc(Cl)c1)S(=O)(=O)c1ccccc1. The van der Waals surface area contributed by atoms with Gasteiger partial charge in [-0.3, -0.25) is 13.9 Å². The summed E-state index contributed by atoms with van der Waals surface area (Å²) < 4.78 is 30.0. The molecule has 7 nitrogen and oxygen atoms in total. The fraction of sp³-hybridized carbons (Fsp3) is 0.235. The summed E-state index contributed by atoms with van der Waals surface area (Å²) in [4.78, 5) is 29.9. The molecule has 0 saturated carbocycles. The number of nitrogens with zero attached hydrogens (tertiary/aromatic N) is 2. The van der Waals surface area contributed by atoms with Crippen LogP contribution in [-0.2, 0) is 32.6 Å². The average molecular weight is 732 g/mol. The van der Waals surface area contributed by atoms with Crippen LogP contribution in [0, 0.1) is 0 Å². The van der Waals surface area contributed by atoms with Crippen molar-refractivity contribution in [1.82, 2.24) is 10.2 Å². The lowest BCUT2D eigenvalue weighted by atomic mass is 10.0. The number of carbonyl (C=O) groups is 2. The zero-order valence-corrected chi connectivity index (χ0v) is 29.0. The molecule has 2 amide bonds. The number of nitrogens with one attached hydrogen (secondary N) is 1. The molecule has 4 rings (SSSR count). The molecule has 0 bridgehead atoms. The molecule has 0 aliphatic heterocycles. The van der Waals surface area contributed by atoms with Gasteiger partial charge in [-0.05, 0) is 74.4 Å². The zero-order valence-electron chi connectivity index (χ0n) is 25.1. The number of anilines is 1. The first kappa shape index (κ1) is 34.5. The Labute approximate surface area is 283 Å². The maximum Gasteiger partial charge on any atom is 0.264 e. The highest BCUT2D eigenvalue weighted by Gasteiger charge is 2.35. The molecule has 0 aliphatic rings. The molecular formula is C34H34BrCl2N3O4S. The highest BCUT2D eigenvalue weighted by atomic mass is 79.9. The predicted molar refractivity (Wildman–Crippen MR) is 184 cm³/mol. The van der Waals surface area contributed by atoms with Crippen LogP contribution in [0.3, 0.4) is 0 Å². The van der Waals surface area contributed by atoms with Gasteiger partial charge < -0.3 is 10.2 Å². The maximum atomic E-state index is 14.5. The van der Waals surface area contributed by atoms with Gasteiger partial charge in [0.1, 0.15) is 12.6 Å². The number of hydrogen-bond acceptors (Lipinski definition) is 4. The second-order valence-corrected chi connectivity index (χ2v) is 15.2. The van der Waals surface area contributed by atoms with E-state index in [-0.39, 0.29) is 39.5 Å². The van der Waals surface area contributed by atoms with E-state index in [1.807, 2.05) is 75.4 Å². The monoisotopic (exact) mass is 729 g/mol. The van der Waals surface area contributed by atoms with Gasteiger partial charge in [0.05, 0.1) is 10.6 Å². The Hall–Kier alpha value is -3.37. The first-order valence-corrected chi connectivity index (χ1v) is 17.2. The third-order valence-electron chi connectivity index (χ3n) is 6.78. The van der Waals surface area contributed by atoms with E-state index in [1.54, 1.807) is 18.2 Å². The van der Waals surface area contributed by atoms with E-state index in [0.717, 1.165) is 19.9 Å². The molecule has 1 N–H and O–H groups in total. The minimum Gasteiger partial charge on any atom is -0.350 e. The van der Waals surface area contributed by atoms with Gasteiger partial charge in [0.15, 0.2) is 0 Å². The number of amides is 2. The molecule has 4 aromatic carbocycles. The van der Waals surface area contributed by atoms with Crippen LogP contribution in [0.4, 0.5) is 5.69 Å². The smallest absolute Gasteiger partial charge is 0.264 e. The van der Waals surface area contributed by atoms with Gasteiger partial charge in [-0.1, -0.05) is 99.8 Å². The van der Waals surface area contributed by atoms with Crippen LogP contribution in [0.15, 0.2) is 112 Å². The van der Waals surface area contributed by atoms with Crippen molar-refractivity contribution < 1.29 is 18.0 Å². The molecule has 45 heavy (non-hydrogen) atoms. The van der Waals surface area contributed by atoms with Crippen molar-refractivity contribution in [3.63, 3.8) is 0 Å². The number of sulfonamides is 1. The van der Waals surface area contributed by atoms with E-state index in [1.165, 1.54) is 35.2 Å². The van der Waals surface area contributed by atoms with Gasteiger partial charge in [0.25, 0.3) is 10.0 Å². The number of benzene rings is 4. The molecule has 0 heterocycles. The van der Waals surface area contributed by atoms with Crippen molar-refractivity contribution in [3.8, 4) is 0 Å². The largest absolute Gasteiger partial charge is 0.350 e. The summed E-state index contributed by atoms with van der Waals surface area (Å²) >= 11 is 16.0. The molecule has 4 aromatic rings. The molecule has 0 radical (unpaired) electrons. The van der Waals surface area contributed by atoms with Crippen molar-refractivity contribution in [3.05, 3.63) is 129 Å². The van der Waals surface area contributed by atoms with Gasteiger partial charge in [-0.15, -0.1) is 0 Å². The van der Waals surface area contributed by atoms with Crippen LogP contribution in [0.25, 0.3) is 0 Å². The normalized spacial score (nSPS) is 12.3. The number of hydrogen-bond donors (Lipinski definition) is 1. The Morgan fingerprint density at radius 3 is 1.93 bits per heavy atom. The molecule has 1 unspecified atom stereocenters. The van der Waals surface area contributed by atoms with Crippen LogP contribution in [0.2, 0.25) is 10.0 Å². The molecule has 0 saturated heterocycles. The molecule has 1 atom stereocenters. The van der Waals surface area contributed by atoms with Crippen molar-refractivity contribution >= 4 is 66.7 Å². The quantitative estimate of drug-likeness (QED) is 0.173. The Bertz CT molecular complexity index is 1710. The second kappa shape index (κ2) is 14.8. The van der Waals surface area contributed by atoms with Crippen molar-refractivity contribution in [1.29, 1.82) is 0 Å². The fourth-order valence-corrected chi connectivity index (χ4v) is 6.92. The average Bonchev–Trinajstić information content (AvgIpc) is 2.98. The van der Waals surface area contributed by atoms with Crippen molar-refractivity contribution in [2.24, 2.45) is 0 Å². The Kier molecular flexibility index (Phi) is 11.4. The Balaban J connectivity index is 1.83. The van der Waals surface area contributed by atoms with Crippen molar-refractivity contribution in [2.75, 3.05) is 10.8 Å². The first-order chi connectivity index (χ1) is 21.2. The first-order valence-electron chi connectivity index (χ1n) is 14.2. The third-order valence-corrected chi connectivity index (χ3v) is 9.53. The number of halogens is 3. The van der Waals surface area contributed by atoms with E-state index >= 15 is 0 Å². The summed E-state index contributed by atoms with van der Waals surface area (Å²) in [6.45, 7) is 5.03. The lowest BCUT2D eigenvalue weighted by molar-refractivity contribution is -0.140. The van der Waals surface area contributed by atoms with Crippen LogP contribution < -0.4 is 9.62 Å². The van der Waals surface area contributed by atoms with E-state index in [9.17, 15) is 18.0 Å². The van der Waals surface area contributed by atoms with Crippen molar-refractivity contribution in [2.45, 2.75) is 50.2 Å². The van der Waals surface area contributed by atoms with Crippen LogP contribution in [0.5, 0.6) is 0 Å². The summed E-state index contributed by atoms with van der Waals surface area (Å²) in [5.74, 6) is -0.946. The Morgan fingerprint density at radius 1 is 0.822 bits per heavy atom. The minimum absolute atomic E-state index is 0.0142. The molecular weight excluding hydrogens is 697 g/mol. The van der Waals surface area contributed by atoms with E-state index in [4.69, 9.17) is 23.2 Å². The summed E-state index contributed by atoms with van der Waals surface area (Å²) in [6, 6.07) is 28.0. The van der Waals surface area contributed by atoms with Gasteiger partial charge >= 0.3 is 0 Å². The maximum absolute atomic E-state index is 14.5. The van der Waals surface area contributed by atoms with Gasteiger partial charge in [-0.25, -0.2) is 8.42 Å². The van der Waals surface area contributed by atoms with Gasteiger partial charge in [0, 0.05) is 33.0 Å². The molecule has 0 aromatic heterocycles. The van der Waals surface area contributed by atoms with Gasteiger partial charge in [-0.2, -0.15) is 0 Å². The topological polar surface area (TPSA) is 86.8 Å². The second-order valence-electron chi connectivity index (χ2n) is 11.5. The van der Waals surface area contributed by atoms with E-state index in [2.05, 4.69) is 21.2 Å². The lowest BCUT2D eigenvalue weighted by Crippen LogP contribution is -2.56. The van der Waals surface area contributed by atoms with Crippen LogP contribution in [0.1, 0.15) is 31.9 Å². The number of rotatable bonds is 11. The molecule has 0 aliphatic carbocycles. The third kappa shape index (κ3) is 9.56. The lowest BCUT2D eigenvalue weighted by Gasteiger charge is -2.35. The molecule has 236 valence electrons. The van der Waals surface area contributed by atoms with E-state index < -0.39 is 34.1 Å². The predicted octanol–water partition coefficient (Wildman–Crippen LogP) is 7.51. The van der Waals surface area contributed by atoms with Crippen LogP contribution >= 0.6 is 39.1 Å². The molecule has 11 heteroatoms. The highest BCUT2D eigenvalue weighted by molar-refractivity contribution is 9.10. The number of carbonyl (C=O) groups excluding carboxylic acids is 2. The van der Waals surface area contributed by atoms with E-state index in [0.29, 0.717) is 0 Å².